The molecule has 2 amide bonds. The lowest BCUT2D eigenvalue weighted by atomic mass is 10.0. The van der Waals surface area contributed by atoms with Crippen molar-refractivity contribution >= 4 is 46.8 Å². The highest BCUT2D eigenvalue weighted by Gasteiger charge is 2.30. The summed E-state index contributed by atoms with van der Waals surface area (Å²) in [5.41, 5.74) is 2.65. The van der Waals surface area contributed by atoms with Crippen LogP contribution in [0.25, 0.3) is 0 Å². The molecular formula is C29H31Cl2FN2O2S. The van der Waals surface area contributed by atoms with Crippen molar-refractivity contribution in [3.05, 3.63) is 105 Å². The molecule has 0 aliphatic carbocycles. The van der Waals surface area contributed by atoms with Crippen molar-refractivity contribution in [1.29, 1.82) is 0 Å². The third-order valence-electron chi connectivity index (χ3n) is 6.02. The van der Waals surface area contributed by atoms with Gasteiger partial charge in [0.05, 0.1) is 15.8 Å². The molecule has 3 rings (SSSR count). The van der Waals surface area contributed by atoms with Crippen LogP contribution in [0.4, 0.5) is 4.39 Å². The molecule has 3 aromatic carbocycles. The van der Waals surface area contributed by atoms with Gasteiger partial charge in [0.2, 0.25) is 11.8 Å². The molecule has 0 bridgehead atoms. The van der Waals surface area contributed by atoms with Crippen molar-refractivity contribution in [3.63, 3.8) is 0 Å². The summed E-state index contributed by atoms with van der Waals surface area (Å²) in [6.07, 6.45) is 1.14. The average molecular weight is 562 g/mol. The number of amides is 2. The lowest BCUT2D eigenvalue weighted by Crippen LogP contribution is -2.52. The van der Waals surface area contributed by atoms with Gasteiger partial charge in [0.1, 0.15) is 11.9 Å². The first-order chi connectivity index (χ1) is 17.8. The van der Waals surface area contributed by atoms with Gasteiger partial charge < -0.3 is 10.2 Å². The standard InChI is InChI=1S/C29H31Cl2FN2O2S/c1-3-20(2)33-29(36)27(16-21-7-5-4-6-8-21)34(17-22-9-12-24(32)13-10-22)28(35)19-37-18-23-11-14-25(30)26(31)15-23/h4-15,20,27H,3,16-19H2,1-2H3,(H,33,36)/t20-,27-/m1/s1. The molecule has 0 unspecified atom stereocenters. The SMILES string of the molecule is CC[C@@H](C)NC(=O)[C@@H](Cc1ccccc1)N(Cc1ccc(F)cc1)C(=O)CSCc1ccc(Cl)c(Cl)c1. The van der Waals surface area contributed by atoms with E-state index in [1.165, 1.54) is 23.9 Å². The topological polar surface area (TPSA) is 49.4 Å². The van der Waals surface area contributed by atoms with Gasteiger partial charge >= 0.3 is 0 Å². The quantitative estimate of drug-likeness (QED) is 0.261. The molecule has 0 heterocycles. The summed E-state index contributed by atoms with van der Waals surface area (Å²) in [4.78, 5) is 28.7. The van der Waals surface area contributed by atoms with E-state index in [0.29, 0.717) is 22.2 Å². The zero-order valence-corrected chi connectivity index (χ0v) is 23.3. The van der Waals surface area contributed by atoms with Crippen LogP contribution in [0.1, 0.15) is 37.0 Å². The molecule has 0 saturated carbocycles. The van der Waals surface area contributed by atoms with Crippen molar-refractivity contribution in [2.75, 3.05) is 5.75 Å². The van der Waals surface area contributed by atoms with Crippen LogP contribution in [0, 0.1) is 5.82 Å². The highest BCUT2D eigenvalue weighted by atomic mass is 35.5. The number of thioether (sulfide) groups is 1. The highest BCUT2D eigenvalue weighted by Crippen LogP contribution is 2.25. The van der Waals surface area contributed by atoms with Gasteiger partial charge in [-0.15, -0.1) is 11.8 Å². The minimum atomic E-state index is -0.723. The number of rotatable bonds is 12. The molecular weight excluding hydrogens is 530 g/mol. The maximum Gasteiger partial charge on any atom is 0.243 e. The van der Waals surface area contributed by atoms with Crippen molar-refractivity contribution in [1.82, 2.24) is 10.2 Å². The minimum Gasteiger partial charge on any atom is -0.352 e. The number of halogens is 3. The molecule has 0 radical (unpaired) electrons. The van der Waals surface area contributed by atoms with Gasteiger partial charge in [-0.3, -0.25) is 9.59 Å². The Morgan fingerprint density at radius 3 is 2.27 bits per heavy atom. The van der Waals surface area contributed by atoms with E-state index in [2.05, 4.69) is 5.32 Å². The van der Waals surface area contributed by atoms with Crippen molar-refractivity contribution < 1.29 is 14.0 Å². The summed E-state index contributed by atoms with van der Waals surface area (Å²) >= 11 is 13.6. The van der Waals surface area contributed by atoms with Gasteiger partial charge in [0.25, 0.3) is 0 Å². The number of carbonyl (C=O) groups is 2. The molecule has 0 aliphatic heterocycles. The number of benzene rings is 3. The minimum absolute atomic E-state index is 0.0300. The van der Waals surface area contributed by atoms with Crippen LogP contribution in [-0.2, 0) is 28.3 Å². The number of nitrogens with one attached hydrogen (secondary N) is 1. The van der Waals surface area contributed by atoms with Crippen LogP contribution >= 0.6 is 35.0 Å². The van der Waals surface area contributed by atoms with E-state index in [0.717, 1.165) is 23.1 Å². The number of carbonyl (C=O) groups excluding carboxylic acids is 2. The summed E-state index contributed by atoms with van der Waals surface area (Å²) in [5, 5.41) is 3.99. The number of nitrogens with zero attached hydrogens (tertiary/aromatic N) is 1. The first kappa shape index (κ1) is 29.0. The molecule has 4 nitrogen and oxygen atoms in total. The second kappa shape index (κ2) is 14.4. The van der Waals surface area contributed by atoms with Crippen LogP contribution in [0.5, 0.6) is 0 Å². The maximum atomic E-state index is 13.6. The van der Waals surface area contributed by atoms with E-state index < -0.39 is 6.04 Å². The van der Waals surface area contributed by atoms with Crippen LogP contribution in [0.15, 0.2) is 72.8 Å². The lowest BCUT2D eigenvalue weighted by molar-refractivity contribution is -0.139. The van der Waals surface area contributed by atoms with E-state index >= 15 is 0 Å². The summed E-state index contributed by atoms with van der Waals surface area (Å²) in [6.45, 7) is 4.13. The van der Waals surface area contributed by atoms with Crippen LogP contribution < -0.4 is 5.32 Å². The Hall–Kier alpha value is -2.54. The van der Waals surface area contributed by atoms with Crippen LogP contribution in [0.3, 0.4) is 0 Å². The fourth-order valence-electron chi connectivity index (χ4n) is 3.75. The van der Waals surface area contributed by atoms with E-state index in [-0.39, 0.29) is 36.0 Å². The zero-order valence-electron chi connectivity index (χ0n) is 20.9. The molecule has 2 atom stereocenters. The Morgan fingerprint density at radius 1 is 0.946 bits per heavy atom. The monoisotopic (exact) mass is 560 g/mol. The number of hydrogen-bond donors (Lipinski definition) is 1. The molecule has 1 N–H and O–H groups in total. The summed E-state index contributed by atoms with van der Waals surface area (Å²) in [7, 11) is 0. The second-order valence-corrected chi connectivity index (χ2v) is 10.7. The summed E-state index contributed by atoms with van der Waals surface area (Å²) in [6, 6.07) is 20.3. The molecule has 0 aliphatic rings. The van der Waals surface area contributed by atoms with Gasteiger partial charge in [-0.05, 0) is 54.3 Å². The molecule has 0 fully saturated rings. The van der Waals surface area contributed by atoms with Gasteiger partial charge in [-0.1, -0.05) is 78.7 Å². The molecule has 3 aromatic rings. The number of hydrogen-bond acceptors (Lipinski definition) is 3. The fourth-order valence-corrected chi connectivity index (χ4v) is 4.93. The molecule has 37 heavy (non-hydrogen) atoms. The van der Waals surface area contributed by atoms with E-state index in [4.69, 9.17) is 23.2 Å². The smallest absolute Gasteiger partial charge is 0.243 e. The third kappa shape index (κ3) is 9.06. The largest absolute Gasteiger partial charge is 0.352 e. The maximum absolute atomic E-state index is 13.6. The Bertz CT molecular complexity index is 1180. The van der Waals surface area contributed by atoms with E-state index in [9.17, 15) is 14.0 Å². The first-order valence-corrected chi connectivity index (χ1v) is 14.1. The van der Waals surface area contributed by atoms with Gasteiger partial charge in [0, 0.05) is 24.8 Å². The molecule has 8 heteroatoms. The predicted octanol–water partition coefficient (Wildman–Crippen LogP) is 6.92. The van der Waals surface area contributed by atoms with Crippen molar-refractivity contribution in [2.24, 2.45) is 0 Å². The molecule has 0 spiro atoms. The summed E-state index contributed by atoms with van der Waals surface area (Å²) in [5.74, 6) is 0.00519. The molecule has 0 aromatic heterocycles. The predicted molar refractivity (Wildman–Crippen MR) is 151 cm³/mol. The zero-order chi connectivity index (χ0) is 26.8. The van der Waals surface area contributed by atoms with E-state index in [1.807, 2.05) is 50.2 Å². The lowest BCUT2D eigenvalue weighted by Gasteiger charge is -2.32. The molecule has 0 saturated heterocycles. The Balaban J connectivity index is 1.84. The van der Waals surface area contributed by atoms with Gasteiger partial charge in [-0.2, -0.15) is 0 Å². The van der Waals surface area contributed by atoms with E-state index in [1.54, 1.807) is 29.2 Å². The summed E-state index contributed by atoms with van der Waals surface area (Å²) < 4.78 is 13.6. The normalized spacial score (nSPS) is 12.6. The highest BCUT2D eigenvalue weighted by molar-refractivity contribution is 7.99. The third-order valence-corrected chi connectivity index (χ3v) is 7.74. The Labute approximate surface area is 232 Å². The Morgan fingerprint density at radius 2 is 1.62 bits per heavy atom. The van der Waals surface area contributed by atoms with Crippen LogP contribution in [0.2, 0.25) is 10.0 Å². The van der Waals surface area contributed by atoms with Crippen molar-refractivity contribution in [2.45, 2.75) is 51.1 Å². The Kier molecular flexibility index (Phi) is 11.3. The second-order valence-electron chi connectivity index (χ2n) is 8.91. The molecule has 196 valence electrons. The first-order valence-electron chi connectivity index (χ1n) is 12.2. The van der Waals surface area contributed by atoms with Gasteiger partial charge in [0.15, 0.2) is 0 Å². The van der Waals surface area contributed by atoms with Gasteiger partial charge in [-0.25, -0.2) is 4.39 Å². The fraction of sp³-hybridized carbons (Fsp3) is 0.310. The average Bonchev–Trinajstić information content (AvgIpc) is 2.89. The van der Waals surface area contributed by atoms with Crippen molar-refractivity contribution in [3.8, 4) is 0 Å². The van der Waals surface area contributed by atoms with Crippen LogP contribution in [-0.4, -0.2) is 34.6 Å².